The molecule has 0 unspecified atom stereocenters. The molecule has 156 valence electrons. The number of unbranched alkanes of at least 4 members (excludes halogenated alkanes) is 3. The zero-order chi connectivity index (χ0) is 20.8. The van der Waals surface area contributed by atoms with Crippen LogP contribution in [0.5, 0.6) is 0 Å². The van der Waals surface area contributed by atoms with Gasteiger partial charge in [-0.15, -0.1) is 0 Å². The molecule has 0 spiro atoms. The van der Waals surface area contributed by atoms with Gasteiger partial charge >= 0.3 is 130 Å². The number of nitrogens with zero attached hydrogens (tertiary/aromatic N) is 2. The Morgan fingerprint density at radius 3 is 1.50 bits per heavy atom. The Morgan fingerprint density at radius 1 is 0.714 bits per heavy atom. The first-order chi connectivity index (χ1) is 13.5. The van der Waals surface area contributed by atoms with Crippen molar-refractivity contribution in [2.75, 3.05) is 0 Å². The summed E-state index contributed by atoms with van der Waals surface area (Å²) in [7, 11) is 0. The van der Waals surface area contributed by atoms with Crippen LogP contribution in [0.15, 0.2) is 41.3 Å². The van der Waals surface area contributed by atoms with Crippen LogP contribution in [0, 0.1) is 13.8 Å². The van der Waals surface area contributed by atoms with E-state index in [0.29, 0.717) is 0 Å². The molecule has 0 aliphatic carbocycles. The Balaban J connectivity index is 0.000000406. The monoisotopic (exact) mass is 554 g/mol. The third kappa shape index (κ3) is 9.38. The van der Waals surface area contributed by atoms with E-state index in [2.05, 4.69) is 66.9 Å². The van der Waals surface area contributed by atoms with Gasteiger partial charge in [-0.2, -0.15) is 0 Å². The molecule has 0 fully saturated rings. The van der Waals surface area contributed by atoms with E-state index in [9.17, 15) is 0 Å². The van der Waals surface area contributed by atoms with E-state index in [1.807, 2.05) is 25.3 Å². The minimum absolute atomic E-state index is 0.892. The minimum atomic E-state index is -2.24. The normalized spacial score (nSPS) is 11.1. The van der Waals surface area contributed by atoms with E-state index in [0.717, 1.165) is 4.60 Å². The van der Waals surface area contributed by atoms with Crippen LogP contribution in [-0.2, 0) is 0 Å². The molecule has 0 bridgehead atoms. The molecule has 0 saturated heterocycles. The molecule has 2 heterocycles. The summed E-state index contributed by atoms with van der Waals surface area (Å²) in [4.78, 5) is 8.90. The molecule has 0 radical (unpaired) electrons. The second kappa shape index (κ2) is 14.5. The second-order valence-corrected chi connectivity index (χ2v) is 21.8. The summed E-state index contributed by atoms with van der Waals surface area (Å²) in [5, 5.41) is 0. The van der Waals surface area contributed by atoms with E-state index < -0.39 is 18.4 Å². The number of pyridine rings is 2. The number of aromatic nitrogens is 2. The van der Waals surface area contributed by atoms with Gasteiger partial charge in [0.05, 0.1) is 0 Å². The van der Waals surface area contributed by atoms with Gasteiger partial charge in [0.15, 0.2) is 0 Å². The first-order valence-corrected chi connectivity index (χ1v) is 19.3. The fraction of sp³-hybridized carbons (Fsp3) is 0.583. The van der Waals surface area contributed by atoms with Crippen LogP contribution in [0.4, 0.5) is 0 Å². The van der Waals surface area contributed by atoms with E-state index >= 15 is 0 Å². The van der Waals surface area contributed by atoms with E-state index in [4.69, 9.17) is 4.98 Å². The molecule has 0 aromatic carbocycles. The molecule has 28 heavy (non-hydrogen) atoms. The van der Waals surface area contributed by atoms with E-state index in [-0.39, 0.29) is 0 Å². The molecular weight excluding hydrogens is 515 g/mol. The SMILES string of the molecule is CCC[CH2][Sn]([CH2]CCC)([CH2]CCC)[c]1ccc(C)cn1.Cc1ccc(Br)nc1. The van der Waals surface area contributed by atoms with Crippen LogP contribution in [0.2, 0.25) is 13.3 Å². The maximum atomic E-state index is 4.90. The van der Waals surface area contributed by atoms with E-state index in [1.165, 1.54) is 63.0 Å². The van der Waals surface area contributed by atoms with Crippen molar-refractivity contribution in [3.63, 3.8) is 0 Å². The average Bonchev–Trinajstić information content (AvgIpc) is 2.71. The van der Waals surface area contributed by atoms with Crippen LogP contribution in [0.25, 0.3) is 0 Å². The number of aryl methyl sites for hydroxylation is 2. The molecule has 0 amide bonds. The molecule has 0 aliphatic heterocycles. The number of hydrogen-bond acceptors (Lipinski definition) is 2. The fourth-order valence-electron chi connectivity index (χ4n) is 3.54. The van der Waals surface area contributed by atoms with Gasteiger partial charge in [-0.3, -0.25) is 0 Å². The van der Waals surface area contributed by atoms with Crippen molar-refractivity contribution in [1.29, 1.82) is 0 Å². The molecular formula is C24H39BrN2Sn. The second-order valence-electron chi connectivity index (χ2n) is 7.97. The van der Waals surface area contributed by atoms with Crippen molar-refractivity contribution in [1.82, 2.24) is 9.97 Å². The Bertz CT molecular complexity index is 598. The summed E-state index contributed by atoms with van der Waals surface area (Å²) >= 11 is 0.997. The molecule has 0 N–H and O–H groups in total. The summed E-state index contributed by atoms with van der Waals surface area (Å²) in [5.41, 5.74) is 2.49. The van der Waals surface area contributed by atoms with Gasteiger partial charge in [-0.1, -0.05) is 6.07 Å². The van der Waals surface area contributed by atoms with Crippen molar-refractivity contribution in [2.45, 2.75) is 86.5 Å². The maximum absolute atomic E-state index is 4.90. The van der Waals surface area contributed by atoms with Crippen molar-refractivity contribution in [3.8, 4) is 0 Å². The van der Waals surface area contributed by atoms with Crippen LogP contribution >= 0.6 is 15.9 Å². The Kier molecular flexibility index (Phi) is 13.3. The summed E-state index contributed by atoms with van der Waals surface area (Å²) in [6, 6.07) is 8.61. The molecule has 0 atom stereocenters. The Labute approximate surface area is 186 Å². The van der Waals surface area contributed by atoms with Crippen molar-refractivity contribution >= 4 is 38.0 Å². The third-order valence-corrected chi connectivity index (χ3v) is 21.0. The van der Waals surface area contributed by atoms with Gasteiger partial charge in [-0.25, -0.2) is 4.98 Å². The summed E-state index contributed by atoms with van der Waals surface area (Å²) in [6.45, 7) is 11.2. The van der Waals surface area contributed by atoms with E-state index in [1.54, 1.807) is 3.71 Å². The summed E-state index contributed by atoms with van der Waals surface area (Å²) < 4.78 is 6.99. The standard InChI is InChI=1S/C6H6BrN.C6H6N.3C4H9.Sn/c1-5-2-3-6(7)8-4-5;1-6-3-2-4-7-5-6;3*1-3-4-2;/h2-4H,1H3;2-3,5H,1H3;3*1,3-4H2,2H3;. The van der Waals surface area contributed by atoms with Gasteiger partial charge in [0, 0.05) is 6.20 Å². The predicted molar refractivity (Wildman–Crippen MR) is 130 cm³/mol. The van der Waals surface area contributed by atoms with Gasteiger partial charge in [0.1, 0.15) is 4.60 Å². The van der Waals surface area contributed by atoms with Crippen LogP contribution in [0.3, 0.4) is 0 Å². The largest absolute Gasteiger partial charge is 0.249 e. The maximum Gasteiger partial charge on any atom is 0.106 e. The minimum Gasteiger partial charge on any atom is -0.249 e. The molecule has 0 saturated carbocycles. The molecule has 0 aliphatic rings. The van der Waals surface area contributed by atoms with Crippen molar-refractivity contribution in [2.24, 2.45) is 0 Å². The van der Waals surface area contributed by atoms with Crippen molar-refractivity contribution in [3.05, 3.63) is 52.4 Å². The van der Waals surface area contributed by atoms with Gasteiger partial charge in [0.25, 0.3) is 0 Å². The summed E-state index contributed by atoms with van der Waals surface area (Å²) in [6.07, 6.45) is 12.2. The predicted octanol–water partition coefficient (Wildman–Crippen LogP) is 7.60. The number of rotatable bonds is 10. The van der Waals surface area contributed by atoms with Gasteiger partial charge in [0.2, 0.25) is 0 Å². The zero-order valence-electron chi connectivity index (χ0n) is 18.6. The topological polar surface area (TPSA) is 25.8 Å². The van der Waals surface area contributed by atoms with Crippen LogP contribution in [0.1, 0.15) is 70.4 Å². The van der Waals surface area contributed by atoms with Gasteiger partial charge < -0.3 is 0 Å². The Hall–Kier alpha value is -0.421. The quantitative estimate of drug-likeness (QED) is 0.224. The van der Waals surface area contributed by atoms with Crippen molar-refractivity contribution < 1.29 is 0 Å². The average molecular weight is 554 g/mol. The van der Waals surface area contributed by atoms with Gasteiger partial charge in [-0.05, 0) is 34.5 Å². The summed E-state index contributed by atoms with van der Waals surface area (Å²) in [5.74, 6) is 0. The first-order valence-electron chi connectivity index (χ1n) is 11.0. The fourth-order valence-corrected chi connectivity index (χ4v) is 19.1. The van der Waals surface area contributed by atoms with Crippen LogP contribution < -0.4 is 3.71 Å². The molecule has 4 heteroatoms. The molecule has 2 aromatic rings. The molecule has 2 nitrogen and oxygen atoms in total. The number of hydrogen-bond donors (Lipinski definition) is 0. The molecule has 2 aromatic heterocycles. The van der Waals surface area contributed by atoms with Crippen LogP contribution in [-0.4, -0.2) is 28.3 Å². The zero-order valence-corrected chi connectivity index (χ0v) is 23.0. The first kappa shape index (κ1) is 25.6. The third-order valence-electron chi connectivity index (χ3n) is 5.36. The molecule has 2 rings (SSSR count). The number of halogens is 1. The smallest absolute Gasteiger partial charge is 0.106 e. The Morgan fingerprint density at radius 2 is 1.18 bits per heavy atom.